The fourth-order valence-corrected chi connectivity index (χ4v) is 5.12. The summed E-state index contributed by atoms with van der Waals surface area (Å²) in [6.45, 7) is 0.928. The van der Waals surface area contributed by atoms with Crippen LogP contribution in [0.3, 0.4) is 0 Å². The summed E-state index contributed by atoms with van der Waals surface area (Å²) in [7, 11) is 0. The molecule has 1 aromatic heterocycles. The number of aromatic nitrogens is 2. The normalized spacial score (nSPS) is 18.9. The van der Waals surface area contributed by atoms with Gasteiger partial charge in [-0.05, 0) is 67.6 Å². The summed E-state index contributed by atoms with van der Waals surface area (Å²) in [6, 6.07) is 8.95. The van der Waals surface area contributed by atoms with Gasteiger partial charge in [0.2, 0.25) is 6.79 Å². The van der Waals surface area contributed by atoms with Crippen LogP contribution >= 0.6 is 0 Å². The fraction of sp³-hybridized carbons (Fsp3) is 0.360. The van der Waals surface area contributed by atoms with E-state index in [1.165, 1.54) is 12.1 Å². The van der Waals surface area contributed by atoms with Crippen LogP contribution < -0.4 is 19.9 Å². The summed E-state index contributed by atoms with van der Waals surface area (Å²) in [5, 5.41) is 14.4. The number of aliphatic hydroxyl groups excluding tert-OH is 1. The van der Waals surface area contributed by atoms with Crippen molar-refractivity contribution in [2.24, 2.45) is 0 Å². The predicted molar refractivity (Wildman–Crippen MR) is 121 cm³/mol. The number of β-amino-alcohol motifs (C(OH)–C–C–N with tert-alkyl or cyclic N) is 1. The van der Waals surface area contributed by atoms with Crippen molar-refractivity contribution in [2.45, 2.75) is 38.0 Å². The van der Waals surface area contributed by atoms with Crippen molar-refractivity contribution in [3.8, 4) is 28.4 Å². The van der Waals surface area contributed by atoms with Crippen molar-refractivity contribution in [3.63, 3.8) is 0 Å². The van der Waals surface area contributed by atoms with E-state index >= 15 is 0 Å². The van der Waals surface area contributed by atoms with Gasteiger partial charge in [0, 0.05) is 29.9 Å². The number of hydrogen-bond acceptors (Lipinski definition) is 6. The van der Waals surface area contributed by atoms with Crippen LogP contribution in [0.2, 0.25) is 0 Å². The Hall–Kier alpha value is -3.53. The highest BCUT2D eigenvalue weighted by Gasteiger charge is 2.36. The van der Waals surface area contributed by atoms with E-state index in [2.05, 4.69) is 5.10 Å². The van der Waals surface area contributed by atoms with E-state index in [1.54, 1.807) is 18.2 Å². The van der Waals surface area contributed by atoms with Crippen LogP contribution in [0.15, 0.2) is 41.2 Å². The fourth-order valence-electron chi connectivity index (χ4n) is 5.12. The summed E-state index contributed by atoms with van der Waals surface area (Å²) in [4.78, 5) is 15.2. The molecule has 0 spiro atoms. The van der Waals surface area contributed by atoms with Gasteiger partial charge in [-0.15, -0.1) is 0 Å². The van der Waals surface area contributed by atoms with Gasteiger partial charge in [0.1, 0.15) is 0 Å². The molecule has 1 unspecified atom stereocenters. The van der Waals surface area contributed by atoms with Gasteiger partial charge < -0.3 is 19.5 Å². The minimum atomic E-state index is -4.68. The molecule has 1 aliphatic carbocycles. The first-order valence-electron chi connectivity index (χ1n) is 11.5. The molecule has 0 saturated carbocycles. The van der Waals surface area contributed by atoms with Crippen molar-refractivity contribution in [2.75, 3.05) is 24.8 Å². The summed E-state index contributed by atoms with van der Waals surface area (Å²) in [5.74, 6) is 1.11. The van der Waals surface area contributed by atoms with Gasteiger partial charge in [-0.3, -0.25) is 4.79 Å². The molecule has 35 heavy (non-hydrogen) atoms. The maximum atomic E-state index is 14.1. The third-order valence-corrected chi connectivity index (χ3v) is 6.84. The van der Waals surface area contributed by atoms with E-state index in [9.17, 15) is 23.1 Å². The SMILES string of the molecule is O=c1c2c(c(-c3ccc4c(c3)OCO4)nn1-c1cc(N3CCC(O)C3)ccc1C(F)(F)F)CCC2. The van der Waals surface area contributed by atoms with Crippen molar-refractivity contribution >= 4 is 5.69 Å². The lowest BCUT2D eigenvalue weighted by Gasteiger charge is -2.22. The molecule has 7 nitrogen and oxygen atoms in total. The number of ether oxygens (including phenoxy) is 2. The molecule has 0 radical (unpaired) electrons. The van der Waals surface area contributed by atoms with Gasteiger partial charge >= 0.3 is 6.18 Å². The van der Waals surface area contributed by atoms with Crippen LogP contribution in [-0.4, -0.2) is 40.9 Å². The number of halogens is 3. The topological polar surface area (TPSA) is 76.8 Å². The Balaban J connectivity index is 1.56. The molecule has 1 saturated heterocycles. The van der Waals surface area contributed by atoms with Crippen LogP contribution in [-0.2, 0) is 19.0 Å². The molecule has 1 N–H and O–H groups in total. The van der Waals surface area contributed by atoms with E-state index in [0.717, 1.165) is 22.7 Å². The van der Waals surface area contributed by atoms with E-state index in [-0.39, 0.29) is 12.5 Å². The molecule has 1 fully saturated rings. The molecule has 1 atom stereocenters. The molecule has 10 heteroatoms. The first-order valence-corrected chi connectivity index (χ1v) is 11.5. The second-order valence-corrected chi connectivity index (χ2v) is 9.03. The Morgan fingerprint density at radius 1 is 1.03 bits per heavy atom. The highest BCUT2D eigenvalue weighted by atomic mass is 19.4. The maximum absolute atomic E-state index is 14.1. The summed E-state index contributed by atoms with van der Waals surface area (Å²) < 4.78 is 53.9. The number of alkyl halides is 3. The van der Waals surface area contributed by atoms with Crippen LogP contribution in [0.1, 0.15) is 29.5 Å². The molecule has 2 aromatic carbocycles. The molecule has 2 aliphatic heterocycles. The number of fused-ring (bicyclic) bond motifs is 2. The highest BCUT2D eigenvalue weighted by molar-refractivity contribution is 5.69. The molecular formula is C25H22F3N3O4. The third kappa shape index (κ3) is 3.72. The second-order valence-electron chi connectivity index (χ2n) is 9.03. The van der Waals surface area contributed by atoms with Crippen LogP contribution in [0.25, 0.3) is 16.9 Å². The molecular weight excluding hydrogens is 463 g/mol. The molecule has 3 aliphatic rings. The molecule has 3 heterocycles. The zero-order chi connectivity index (χ0) is 24.3. The van der Waals surface area contributed by atoms with Gasteiger partial charge in [-0.25, -0.2) is 0 Å². The smallest absolute Gasteiger partial charge is 0.418 e. The van der Waals surface area contributed by atoms with Crippen molar-refractivity contribution in [3.05, 3.63) is 63.4 Å². The lowest BCUT2D eigenvalue weighted by molar-refractivity contribution is -0.137. The first-order chi connectivity index (χ1) is 16.8. The van der Waals surface area contributed by atoms with Gasteiger partial charge in [0.15, 0.2) is 11.5 Å². The number of anilines is 1. The molecule has 0 amide bonds. The molecule has 0 bridgehead atoms. The Labute approximate surface area is 198 Å². The number of rotatable bonds is 3. The van der Waals surface area contributed by atoms with Gasteiger partial charge in [0.25, 0.3) is 5.56 Å². The second kappa shape index (κ2) is 8.01. The van der Waals surface area contributed by atoms with E-state index in [0.29, 0.717) is 66.4 Å². The monoisotopic (exact) mass is 485 g/mol. The Kier molecular flexibility index (Phi) is 5.03. The van der Waals surface area contributed by atoms with Gasteiger partial charge in [-0.2, -0.15) is 23.0 Å². The Morgan fingerprint density at radius 2 is 1.83 bits per heavy atom. The first kappa shape index (κ1) is 22.0. The predicted octanol–water partition coefficient (Wildman–Crippen LogP) is 3.71. The lowest BCUT2D eigenvalue weighted by Crippen LogP contribution is -2.29. The van der Waals surface area contributed by atoms with E-state index in [4.69, 9.17) is 9.47 Å². The number of aliphatic hydroxyl groups is 1. The zero-order valence-electron chi connectivity index (χ0n) is 18.6. The molecule has 6 rings (SSSR count). The van der Waals surface area contributed by atoms with Crippen LogP contribution in [0, 0.1) is 0 Å². The number of nitrogens with zero attached hydrogens (tertiary/aromatic N) is 3. The van der Waals surface area contributed by atoms with Gasteiger partial charge in [-0.1, -0.05) is 0 Å². The number of benzene rings is 2. The average molecular weight is 485 g/mol. The van der Waals surface area contributed by atoms with Crippen LogP contribution in [0.4, 0.5) is 18.9 Å². The third-order valence-electron chi connectivity index (χ3n) is 6.84. The standard InChI is InChI=1S/C25H22F3N3O4/c26-25(27,28)19-6-5-15(30-9-8-16(32)12-30)11-20(19)31-24(33)18-3-1-2-17(18)23(29-31)14-4-7-21-22(10-14)35-13-34-21/h4-7,10-11,16,32H,1-3,8-9,12-13H2. The minimum absolute atomic E-state index is 0.0940. The minimum Gasteiger partial charge on any atom is -0.454 e. The molecule has 182 valence electrons. The number of hydrogen-bond donors (Lipinski definition) is 1. The molecule has 3 aromatic rings. The average Bonchev–Trinajstić information content (AvgIpc) is 3.59. The Morgan fingerprint density at radius 3 is 2.60 bits per heavy atom. The largest absolute Gasteiger partial charge is 0.454 e. The zero-order valence-corrected chi connectivity index (χ0v) is 18.6. The van der Waals surface area contributed by atoms with E-state index < -0.39 is 23.4 Å². The highest BCUT2D eigenvalue weighted by Crippen LogP contribution is 2.39. The van der Waals surface area contributed by atoms with Gasteiger partial charge in [0.05, 0.1) is 23.0 Å². The summed E-state index contributed by atoms with van der Waals surface area (Å²) in [5.41, 5.74) is 1.07. The lowest BCUT2D eigenvalue weighted by atomic mass is 10.0. The Bertz CT molecular complexity index is 1390. The van der Waals surface area contributed by atoms with Crippen molar-refractivity contribution in [1.29, 1.82) is 0 Å². The van der Waals surface area contributed by atoms with Crippen LogP contribution in [0.5, 0.6) is 11.5 Å². The summed E-state index contributed by atoms with van der Waals surface area (Å²) >= 11 is 0. The quantitative estimate of drug-likeness (QED) is 0.610. The maximum Gasteiger partial charge on any atom is 0.418 e. The van der Waals surface area contributed by atoms with Crippen molar-refractivity contribution in [1.82, 2.24) is 9.78 Å². The van der Waals surface area contributed by atoms with E-state index in [1.807, 2.05) is 4.90 Å². The van der Waals surface area contributed by atoms with Crippen molar-refractivity contribution < 1.29 is 27.8 Å². The summed E-state index contributed by atoms with van der Waals surface area (Å²) in [6.07, 6.45) is -2.86.